The van der Waals surface area contributed by atoms with E-state index in [1.165, 1.54) is 38.8 Å². The van der Waals surface area contributed by atoms with Gasteiger partial charge in [0.25, 0.3) is 0 Å². The molecule has 0 aliphatic carbocycles. The second-order valence-electron chi connectivity index (χ2n) is 9.00. The van der Waals surface area contributed by atoms with Crippen LogP contribution in [0.5, 0.6) is 0 Å². The Morgan fingerprint density at radius 2 is 1.74 bits per heavy atom. The van der Waals surface area contributed by atoms with E-state index in [9.17, 15) is 4.79 Å². The number of likely N-dealkylation sites (tertiary alicyclic amines) is 1. The summed E-state index contributed by atoms with van der Waals surface area (Å²) in [6.07, 6.45) is 8.39. The second-order valence-corrected chi connectivity index (χ2v) is 9.94. The number of nitrogens with zero attached hydrogens (tertiary/aromatic N) is 5. The van der Waals surface area contributed by atoms with E-state index in [4.69, 9.17) is 0 Å². The number of carbonyl (C=O) groups is 1. The fraction of sp³-hybridized carbons (Fsp3) is 0.696. The largest absolute Gasteiger partial charge is 0.356 e. The smallest absolute Gasteiger partial charge is 0.224 e. The molecule has 7 nitrogen and oxygen atoms in total. The van der Waals surface area contributed by atoms with Crippen LogP contribution in [-0.4, -0.2) is 64.8 Å². The first-order valence-electron chi connectivity index (χ1n) is 11.9. The highest BCUT2D eigenvalue weighted by Gasteiger charge is 2.27. The zero-order valence-electron chi connectivity index (χ0n) is 19.0. The van der Waals surface area contributed by atoms with Crippen LogP contribution in [0.2, 0.25) is 0 Å². The molecule has 1 N–H and O–H groups in total. The van der Waals surface area contributed by atoms with E-state index in [-0.39, 0.29) is 11.8 Å². The summed E-state index contributed by atoms with van der Waals surface area (Å²) in [5.74, 6) is 0.233. The van der Waals surface area contributed by atoms with Crippen molar-refractivity contribution in [1.82, 2.24) is 25.0 Å². The highest BCUT2D eigenvalue weighted by molar-refractivity contribution is 7.17. The molecule has 0 radical (unpaired) electrons. The molecule has 2 aliphatic rings. The molecule has 0 aromatic carbocycles. The first-order chi connectivity index (χ1) is 15.1. The molecule has 1 amide bonds. The van der Waals surface area contributed by atoms with Crippen molar-refractivity contribution in [1.29, 1.82) is 0 Å². The topological polar surface area (TPSA) is 66.3 Å². The van der Waals surface area contributed by atoms with Crippen molar-refractivity contribution in [3.05, 3.63) is 23.5 Å². The predicted molar refractivity (Wildman–Crippen MR) is 126 cm³/mol. The van der Waals surface area contributed by atoms with Gasteiger partial charge in [-0.1, -0.05) is 24.2 Å². The zero-order chi connectivity index (χ0) is 21.6. The van der Waals surface area contributed by atoms with Gasteiger partial charge in [0.05, 0.1) is 5.92 Å². The van der Waals surface area contributed by atoms with Crippen molar-refractivity contribution in [3.8, 4) is 5.13 Å². The van der Waals surface area contributed by atoms with Gasteiger partial charge >= 0.3 is 0 Å². The molecule has 8 heteroatoms. The van der Waals surface area contributed by atoms with E-state index in [1.807, 2.05) is 0 Å². The lowest BCUT2D eigenvalue weighted by Crippen LogP contribution is -2.43. The summed E-state index contributed by atoms with van der Waals surface area (Å²) in [4.78, 5) is 17.6. The summed E-state index contributed by atoms with van der Waals surface area (Å²) in [5, 5.41) is 13.9. The number of aryl methyl sites for hydroxylation is 2. The van der Waals surface area contributed by atoms with Gasteiger partial charge in [0, 0.05) is 31.0 Å². The lowest BCUT2D eigenvalue weighted by molar-refractivity contribution is -0.125. The first-order valence-corrected chi connectivity index (χ1v) is 12.7. The zero-order valence-corrected chi connectivity index (χ0v) is 19.8. The Labute approximate surface area is 189 Å². The van der Waals surface area contributed by atoms with Crippen LogP contribution in [0.3, 0.4) is 0 Å². The molecule has 0 unspecified atom stereocenters. The lowest BCUT2D eigenvalue weighted by Gasteiger charge is -2.31. The molecule has 2 saturated heterocycles. The van der Waals surface area contributed by atoms with Crippen LogP contribution in [0.4, 0.5) is 5.13 Å². The molecule has 1 atom stereocenters. The van der Waals surface area contributed by atoms with Crippen LogP contribution in [0.1, 0.15) is 56.3 Å². The summed E-state index contributed by atoms with van der Waals surface area (Å²) in [6, 6.07) is 4.20. The average molecular weight is 445 g/mol. The summed E-state index contributed by atoms with van der Waals surface area (Å²) in [6.45, 7) is 10.2. The van der Waals surface area contributed by atoms with E-state index in [0.29, 0.717) is 0 Å². The van der Waals surface area contributed by atoms with Gasteiger partial charge in [-0.3, -0.25) is 9.36 Å². The molecule has 2 aromatic heterocycles. The highest BCUT2D eigenvalue weighted by Crippen LogP contribution is 2.29. The van der Waals surface area contributed by atoms with E-state index in [1.54, 1.807) is 11.3 Å². The molecule has 2 aliphatic heterocycles. The van der Waals surface area contributed by atoms with Crippen molar-refractivity contribution in [2.24, 2.45) is 5.92 Å². The maximum atomic E-state index is 12.8. The van der Waals surface area contributed by atoms with Gasteiger partial charge in [-0.25, -0.2) is 0 Å². The fourth-order valence-corrected chi connectivity index (χ4v) is 5.78. The number of aromatic nitrogens is 3. The van der Waals surface area contributed by atoms with Gasteiger partial charge in [0.1, 0.15) is 0 Å². The minimum atomic E-state index is 0.0364. The quantitative estimate of drug-likeness (QED) is 0.662. The number of anilines is 1. The normalized spacial score (nSPS) is 20.6. The number of nitrogens with one attached hydrogen (secondary N) is 1. The van der Waals surface area contributed by atoms with Gasteiger partial charge < -0.3 is 15.1 Å². The van der Waals surface area contributed by atoms with E-state index >= 15 is 0 Å². The van der Waals surface area contributed by atoms with Gasteiger partial charge in [0.15, 0.2) is 0 Å². The number of hydrogen-bond acceptors (Lipinski definition) is 6. The highest BCUT2D eigenvalue weighted by atomic mass is 32.1. The van der Waals surface area contributed by atoms with Crippen molar-refractivity contribution in [2.45, 2.75) is 58.8 Å². The molecule has 170 valence electrons. The molecule has 4 rings (SSSR count). The van der Waals surface area contributed by atoms with Crippen molar-refractivity contribution >= 4 is 22.4 Å². The number of amides is 1. The van der Waals surface area contributed by atoms with Gasteiger partial charge in [-0.15, -0.1) is 10.2 Å². The molecule has 0 bridgehead atoms. The molecular weight excluding hydrogens is 408 g/mol. The monoisotopic (exact) mass is 444 g/mol. The SMILES string of the molecule is Cc1ccc(C)n1-c1nnc(N2CCC[C@@H](C(=O)NCCCN3CCCCCC3)C2)s1. The Balaban J connectivity index is 1.26. The summed E-state index contributed by atoms with van der Waals surface area (Å²) < 4.78 is 2.14. The predicted octanol–water partition coefficient (Wildman–Crippen LogP) is 3.54. The third-order valence-corrected chi connectivity index (χ3v) is 7.55. The summed E-state index contributed by atoms with van der Waals surface area (Å²) >= 11 is 1.61. The number of carbonyl (C=O) groups excluding carboxylic acids is 1. The minimum Gasteiger partial charge on any atom is -0.356 e. The fourth-order valence-electron chi connectivity index (χ4n) is 4.78. The van der Waals surface area contributed by atoms with E-state index in [0.717, 1.165) is 67.1 Å². The summed E-state index contributed by atoms with van der Waals surface area (Å²) in [5.41, 5.74) is 2.33. The molecule has 2 fully saturated rings. The Morgan fingerprint density at radius 1 is 1.03 bits per heavy atom. The van der Waals surface area contributed by atoms with Crippen LogP contribution in [0.15, 0.2) is 12.1 Å². The molecule has 2 aromatic rings. The maximum absolute atomic E-state index is 12.8. The third kappa shape index (κ3) is 5.66. The third-order valence-electron chi connectivity index (χ3n) is 6.58. The number of piperidine rings is 1. The average Bonchev–Trinajstić information content (AvgIpc) is 3.29. The molecule has 0 spiro atoms. The van der Waals surface area contributed by atoms with Crippen molar-refractivity contribution < 1.29 is 4.79 Å². The standard InChI is InChI=1S/C23H36N6OS/c1-18-10-11-19(2)29(18)23-26-25-22(31-23)28-16-7-9-20(17-28)21(30)24-12-8-15-27-13-5-3-4-6-14-27/h10-11,20H,3-9,12-17H2,1-2H3,(H,24,30)/t20-/m1/s1. The van der Waals surface area contributed by atoms with E-state index in [2.05, 4.69) is 55.9 Å². The first kappa shape index (κ1) is 22.3. The van der Waals surface area contributed by atoms with E-state index < -0.39 is 0 Å². The van der Waals surface area contributed by atoms with Crippen molar-refractivity contribution in [2.75, 3.05) is 44.2 Å². The Bertz CT molecular complexity index is 835. The van der Waals surface area contributed by atoms with Crippen molar-refractivity contribution in [3.63, 3.8) is 0 Å². The number of hydrogen-bond donors (Lipinski definition) is 1. The Morgan fingerprint density at radius 3 is 2.48 bits per heavy atom. The van der Waals surface area contributed by atoms with Gasteiger partial charge in [-0.2, -0.15) is 0 Å². The summed E-state index contributed by atoms with van der Waals surface area (Å²) in [7, 11) is 0. The second kappa shape index (κ2) is 10.6. The van der Waals surface area contributed by atoms with Crippen LogP contribution in [0.25, 0.3) is 5.13 Å². The molecule has 0 saturated carbocycles. The minimum absolute atomic E-state index is 0.0364. The molecular formula is C23H36N6OS. The van der Waals surface area contributed by atoms with Crippen LogP contribution < -0.4 is 10.2 Å². The van der Waals surface area contributed by atoms with Crippen LogP contribution >= 0.6 is 11.3 Å². The Hall–Kier alpha value is -1.93. The molecule has 31 heavy (non-hydrogen) atoms. The number of rotatable bonds is 7. The maximum Gasteiger partial charge on any atom is 0.224 e. The molecule has 4 heterocycles. The van der Waals surface area contributed by atoms with Gasteiger partial charge in [0.2, 0.25) is 16.2 Å². The van der Waals surface area contributed by atoms with Crippen LogP contribution in [0, 0.1) is 19.8 Å². The van der Waals surface area contributed by atoms with Gasteiger partial charge in [-0.05, 0) is 77.7 Å². The lowest BCUT2D eigenvalue weighted by atomic mass is 9.97. The van der Waals surface area contributed by atoms with Crippen LogP contribution in [-0.2, 0) is 4.79 Å². The Kier molecular flexibility index (Phi) is 7.61.